The fraction of sp³-hybridized carbons (Fsp3) is 0.778. The van der Waals surface area contributed by atoms with E-state index in [0.29, 0.717) is 6.42 Å². The van der Waals surface area contributed by atoms with Crippen molar-refractivity contribution in [1.29, 1.82) is 0 Å². The van der Waals surface area contributed by atoms with Gasteiger partial charge in [-0.15, -0.1) is 0 Å². The van der Waals surface area contributed by atoms with E-state index in [1.807, 2.05) is 6.92 Å². The van der Waals surface area contributed by atoms with Crippen LogP contribution in [0.15, 0.2) is 0 Å². The molecule has 2 unspecified atom stereocenters. The highest BCUT2D eigenvalue weighted by atomic mass is 16.2. The number of hydrogen-bond acceptors (Lipinski definition) is 2. The van der Waals surface area contributed by atoms with Gasteiger partial charge in [-0.25, -0.2) is 0 Å². The van der Waals surface area contributed by atoms with Gasteiger partial charge in [-0.3, -0.25) is 9.59 Å². The Balaban J connectivity index is 4.24. The summed E-state index contributed by atoms with van der Waals surface area (Å²) in [6.45, 7) is 3.67. The average Bonchev–Trinajstić information content (AvgIpc) is 2.04. The topological polar surface area (TPSA) is 86.2 Å². The Hall–Kier alpha value is -1.06. The first-order valence-corrected chi connectivity index (χ1v) is 4.59. The number of carbonyl (C=O) groups is 2. The quantitative estimate of drug-likeness (QED) is 0.629. The van der Waals surface area contributed by atoms with Crippen molar-refractivity contribution in [2.24, 2.45) is 23.3 Å². The Bertz CT molecular complexity index is 192. The molecule has 76 valence electrons. The van der Waals surface area contributed by atoms with Gasteiger partial charge in [0, 0.05) is 11.8 Å². The van der Waals surface area contributed by atoms with E-state index in [1.54, 1.807) is 6.92 Å². The smallest absolute Gasteiger partial charge is 0.221 e. The SMILES string of the molecule is CCCCC(C(N)=O)C(C)C(N)=O. The molecule has 0 fully saturated rings. The molecule has 0 saturated heterocycles. The van der Waals surface area contributed by atoms with Crippen molar-refractivity contribution in [2.75, 3.05) is 0 Å². The maximum absolute atomic E-state index is 11.0. The number of unbranched alkanes of at least 4 members (excludes halogenated alkanes) is 1. The van der Waals surface area contributed by atoms with Crippen LogP contribution in [0.4, 0.5) is 0 Å². The molecule has 4 nitrogen and oxygen atoms in total. The molecular formula is C9H18N2O2. The van der Waals surface area contributed by atoms with Crippen LogP contribution in [0.25, 0.3) is 0 Å². The second-order valence-electron chi connectivity index (χ2n) is 3.34. The lowest BCUT2D eigenvalue weighted by atomic mass is 9.88. The fourth-order valence-corrected chi connectivity index (χ4v) is 1.26. The van der Waals surface area contributed by atoms with Crippen LogP contribution in [0, 0.1) is 11.8 Å². The molecule has 0 aliphatic carbocycles. The minimum Gasteiger partial charge on any atom is -0.369 e. The fourth-order valence-electron chi connectivity index (χ4n) is 1.26. The lowest BCUT2D eigenvalue weighted by Crippen LogP contribution is -2.36. The van der Waals surface area contributed by atoms with Crippen molar-refractivity contribution in [2.45, 2.75) is 33.1 Å². The second-order valence-corrected chi connectivity index (χ2v) is 3.34. The van der Waals surface area contributed by atoms with E-state index in [1.165, 1.54) is 0 Å². The van der Waals surface area contributed by atoms with E-state index in [0.717, 1.165) is 12.8 Å². The summed E-state index contributed by atoms with van der Waals surface area (Å²) in [6, 6.07) is 0. The summed E-state index contributed by atoms with van der Waals surface area (Å²) < 4.78 is 0. The zero-order valence-corrected chi connectivity index (χ0v) is 8.25. The van der Waals surface area contributed by atoms with Gasteiger partial charge < -0.3 is 11.5 Å². The maximum atomic E-state index is 11.0. The van der Waals surface area contributed by atoms with Gasteiger partial charge >= 0.3 is 0 Å². The second kappa shape index (κ2) is 5.56. The number of nitrogens with two attached hydrogens (primary N) is 2. The summed E-state index contributed by atoms with van der Waals surface area (Å²) >= 11 is 0. The van der Waals surface area contributed by atoms with Gasteiger partial charge in [-0.1, -0.05) is 26.7 Å². The molecule has 0 spiro atoms. The Morgan fingerprint density at radius 2 is 1.77 bits per heavy atom. The third-order valence-corrected chi connectivity index (χ3v) is 2.29. The Morgan fingerprint density at radius 1 is 1.23 bits per heavy atom. The summed E-state index contributed by atoms with van der Waals surface area (Å²) in [6.07, 6.45) is 2.52. The summed E-state index contributed by atoms with van der Waals surface area (Å²) in [5.74, 6) is -1.75. The Labute approximate surface area is 78.7 Å². The first-order chi connectivity index (χ1) is 6.00. The normalized spacial score (nSPS) is 14.9. The van der Waals surface area contributed by atoms with Crippen LogP contribution >= 0.6 is 0 Å². The molecule has 0 saturated carbocycles. The minimum atomic E-state index is -0.458. The monoisotopic (exact) mass is 186 g/mol. The maximum Gasteiger partial charge on any atom is 0.221 e. The van der Waals surface area contributed by atoms with Crippen molar-refractivity contribution in [3.8, 4) is 0 Å². The number of rotatable bonds is 6. The number of hydrogen-bond donors (Lipinski definition) is 2. The van der Waals surface area contributed by atoms with Crippen LogP contribution in [-0.2, 0) is 9.59 Å². The van der Waals surface area contributed by atoms with Crippen molar-refractivity contribution >= 4 is 11.8 Å². The zero-order chi connectivity index (χ0) is 10.4. The molecule has 0 radical (unpaired) electrons. The van der Waals surface area contributed by atoms with Gasteiger partial charge in [-0.2, -0.15) is 0 Å². The third kappa shape index (κ3) is 3.92. The molecule has 0 heterocycles. The molecule has 2 atom stereocenters. The van der Waals surface area contributed by atoms with E-state index in [-0.39, 0.29) is 0 Å². The standard InChI is InChI=1S/C9H18N2O2/c1-3-4-5-7(9(11)13)6(2)8(10)12/h6-7H,3-5H2,1-2H3,(H2,10,12)(H2,11,13). The zero-order valence-electron chi connectivity index (χ0n) is 8.25. The van der Waals surface area contributed by atoms with E-state index in [4.69, 9.17) is 11.5 Å². The molecular weight excluding hydrogens is 168 g/mol. The number of amides is 2. The van der Waals surface area contributed by atoms with Crippen LogP contribution in [0.1, 0.15) is 33.1 Å². The number of primary amides is 2. The lowest BCUT2D eigenvalue weighted by Gasteiger charge is -2.17. The number of carbonyl (C=O) groups excluding carboxylic acids is 2. The molecule has 4 heteroatoms. The van der Waals surface area contributed by atoms with E-state index in [9.17, 15) is 9.59 Å². The Kier molecular flexibility index (Phi) is 5.11. The van der Waals surface area contributed by atoms with E-state index < -0.39 is 23.7 Å². The van der Waals surface area contributed by atoms with Gasteiger partial charge in [0.25, 0.3) is 0 Å². The molecule has 2 amide bonds. The molecule has 4 N–H and O–H groups in total. The molecule has 0 bridgehead atoms. The highest BCUT2D eigenvalue weighted by Crippen LogP contribution is 2.17. The molecule has 0 aliphatic rings. The van der Waals surface area contributed by atoms with Crippen LogP contribution in [0.2, 0.25) is 0 Å². The summed E-state index contributed by atoms with van der Waals surface area (Å²) in [7, 11) is 0. The van der Waals surface area contributed by atoms with Crippen molar-refractivity contribution in [3.05, 3.63) is 0 Å². The molecule has 0 aromatic carbocycles. The molecule has 0 aliphatic heterocycles. The van der Waals surface area contributed by atoms with E-state index >= 15 is 0 Å². The van der Waals surface area contributed by atoms with Gasteiger partial charge in [0.15, 0.2) is 0 Å². The summed E-state index contributed by atoms with van der Waals surface area (Å²) in [5, 5.41) is 0. The molecule has 13 heavy (non-hydrogen) atoms. The van der Waals surface area contributed by atoms with Crippen molar-refractivity contribution in [3.63, 3.8) is 0 Å². The first kappa shape index (κ1) is 11.9. The van der Waals surface area contributed by atoms with Gasteiger partial charge in [0.1, 0.15) is 0 Å². The lowest BCUT2D eigenvalue weighted by molar-refractivity contribution is -0.131. The first-order valence-electron chi connectivity index (χ1n) is 4.59. The summed E-state index contributed by atoms with van der Waals surface area (Å²) in [4.78, 5) is 21.8. The predicted molar refractivity (Wildman–Crippen MR) is 50.6 cm³/mol. The van der Waals surface area contributed by atoms with Gasteiger partial charge in [-0.05, 0) is 6.42 Å². The Morgan fingerprint density at radius 3 is 2.08 bits per heavy atom. The predicted octanol–water partition coefficient (Wildman–Crippen LogP) is 0.399. The largest absolute Gasteiger partial charge is 0.369 e. The highest BCUT2D eigenvalue weighted by molar-refractivity contribution is 5.85. The van der Waals surface area contributed by atoms with Crippen LogP contribution in [0.3, 0.4) is 0 Å². The van der Waals surface area contributed by atoms with Crippen molar-refractivity contribution in [1.82, 2.24) is 0 Å². The third-order valence-electron chi connectivity index (χ3n) is 2.29. The molecule has 0 aromatic heterocycles. The summed E-state index contributed by atoms with van der Waals surface area (Å²) in [5.41, 5.74) is 10.3. The van der Waals surface area contributed by atoms with Crippen LogP contribution < -0.4 is 11.5 Å². The average molecular weight is 186 g/mol. The van der Waals surface area contributed by atoms with Crippen molar-refractivity contribution < 1.29 is 9.59 Å². The van der Waals surface area contributed by atoms with Crippen LogP contribution in [-0.4, -0.2) is 11.8 Å². The van der Waals surface area contributed by atoms with Gasteiger partial charge in [0.2, 0.25) is 11.8 Å². The minimum absolute atomic E-state index is 0.405. The highest BCUT2D eigenvalue weighted by Gasteiger charge is 2.25. The van der Waals surface area contributed by atoms with E-state index in [2.05, 4.69) is 0 Å². The van der Waals surface area contributed by atoms with Gasteiger partial charge in [0.05, 0.1) is 0 Å². The molecule has 0 rings (SSSR count). The van der Waals surface area contributed by atoms with Crippen LogP contribution in [0.5, 0.6) is 0 Å². The molecule has 0 aromatic rings.